The van der Waals surface area contributed by atoms with E-state index in [9.17, 15) is 9.90 Å². The van der Waals surface area contributed by atoms with Crippen LogP contribution in [0.25, 0.3) is 0 Å². The molecule has 0 spiro atoms. The summed E-state index contributed by atoms with van der Waals surface area (Å²) in [5.41, 5.74) is 1.45. The maximum atomic E-state index is 12.3. The first-order valence-electron chi connectivity index (χ1n) is 6.31. The molecule has 0 bridgehead atoms. The molecule has 1 heterocycles. The van der Waals surface area contributed by atoms with Gasteiger partial charge >= 0.3 is 0 Å². The van der Waals surface area contributed by atoms with Crippen LogP contribution >= 0.6 is 0 Å². The summed E-state index contributed by atoms with van der Waals surface area (Å²) >= 11 is 0. The first-order valence-corrected chi connectivity index (χ1v) is 6.31. The molecule has 1 atom stereocenters. The molecule has 2 N–H and O–H groups in total. The largest absolute Gasteiger partial charge is 0.508 e. The number of aryl methyl sites for hydroxylation is 1. The summed E-state index contributed by atoms with van der Waals surface area (Å²) < 4.78 is 0. The van der Waals surface area contributed by atoms with E-state index in [1.807, 2.05) is 11.8 Å². The number of hydrogen-bond acceptors (Lipinski definition) is 3. The van der Waals surface area contributed by atoms with Gasteiger partial charge in [-0.1, -0.05) is 0 Å². The molecular formula is C14H19NO3. The number of aliphatic hydroxyl groups excluding tert-OH is 1. The quantitative estimate of drug-likeness (QED) is 0.854. The lowest BCUT2D eigenvalue weighted by Gasteiger charge is -2.17. The van der Waals surface area contributed by atoms with Gasteiger partial charge in [0.1, 0.15) is 5.75 Å². The van der Waals surface area contributed by atoms with E-state index in [1.54, 1.807) is 18.2 Å². The second kappa shape index (κ2) is 5.40. The number of aliphatic hydroxyl groups is 1. The number of carbonyl (C=O) groups is 1. The van der Waals surface area contributed by atoms with Crippen LogP contribution in [-0.4, -0.2) is 40.7 Å². The number of phenolic OH excluding ortho intramolecular Hbond substituents is 1. The molecule has 1 saturated heterocycles. The molecule has 0 aromatic heterocycles. The van der Waals surface area contributed by atoms with E-state index in [2.05, 4.69) is 0 Å². The van der Waals surface area contributed by atoms with E-state index in [-0.39, 0.29) is 18.3 Å². The van der Waals surface area contributed by atoms with Gasteiger partial charge in [-0.15, -0.1) is 0 Å². The summed E-state index contributed by atoms with van der Waals surface area (Å²) in [5.74, 6) is 0.618. The lowest BCUT2D eigenvalue weighted by molar-refractivity contribution is 0.0784. The number of carbonyl (C=O) groups excluding carboxylic acids is 1. The van der Waals surface area contributed by atoms with Gasteiger partial charge < -0.3 is 15.1 Å². The molecule has 0 radical (unpaired) electrons. The van der Waals surface area contributed by atoms with E-state index in [0.717, 1.165) is 31.5 Å². The number of benzene rings is 1. The van der Waals surface area contributed by atoms with Crippen LogP contribution in [0.3, 0.4) is 0 Å². The molecule has 4 heteroatoms. The number of rotatable bonds is 3. The third kappa shape index (κ3) is 2.64. The van der Waals surface area contributed by atoms with E-state index in [0.29, 0.717) is 11.5 Å². The van der Waals surface area contributed by atoms with Gasteiger partial charge in [-0.3, -0.25) is 4.79 Å². The van der Waals surface area contributed by atoms with Gasteiger partial charge in [-0.25, -0.2) is 0 Å². The Morgan fingerprint density at radius 2 is 2.28 bits per heavy atom. The van der Waals surface area contributed by atoms with E-state index >= 15 is 0 Å². The average Bonchev–Trinajstić information content (AvgIpc) is 2.77. The molecule has 18 heavy (non-hydrogen) atoms. The van der Waals surface area contributed by atoms with Crippen molar-refractivity contribution >= 4 is 5.91 Å². The molecule has 1 aromatic carbocycles. The Labute approximate surface area is 107 Å². The molecule has 1 amide bonds. The highest BCUT2D eigenvalue weighted by atomic mass is 16.3. The Kier molecular flexibility index (Phi) is 3.87. The summed E-state index contributed by atoms with van der Waals surface area (Å²) in [6, 6.07) is 4.82. The fourth-order valence-corrected chi connectivity index (χ4v) is 2.49. The van der Waals surface area contributed by atoms with Gasteiger partial charge in [-0.2, -0.15) is 0 Å². The normalized spacial score (nSPS) is 19.2. The SMILES string of the molecule is Cc1cc(O)ccc1C(=O)N1CCC(CCO)C1. The van der Waals surface area contributed by atoms with Crippen molar-refractivity contribution in [1.82, 2.24) is 4.90 Å². The van der Waals surface area contributed by atoms with Crippen molar-refractivity contribution in [2.45, 2.75) is 19.8 Å². The molecule has 1 aromatic rings. The predicted octanol–water partition coefficient (Wildman–Crippen LogP) is 1.55. The van der Waals surface area contributed by atoms with Gasteiger partial charge in [0.05, 0.1) is 0 Å². The van der Waals surface area contributed by atoms with Crippen molar-refractivity contribution in [3.05, 3.63) is 29.3 Å². The Morgan fingerprint density at radius 1 is 1.50 bits per heavy atom. The topological polar surface area (TPSA) is 60.8 Å². The Balaban J connectivity index is 2.08. The van der Waals surface area contributed by atoms with Crippen LogP contribution in [0.4, 0.5) is 0 Å². The van der Waals surface area contributed by atoms with Crippen molar-refractivity contribution in [2.75, 3.05) is 19.7 Å². The molecule has 0 aliphatic carbocycles. The molecule has 1 unspecified atom stereocenters. The fraction of sp³-hybridized carbons (Fsp3) is 0.500. The monoisotopic (exact) mass is 249 g/mol. The minimum atomic E-state index is 0.0212. The van der Waals surface area contributed by atoms with E-state index < -0.39 is 0 Å². The van der Waals surface area contributed by atoms with Gasteiger partial charge in [0, 0.05) is 25.3 Å². The number of nitrogens with zero attached hydrogens (tertiary/aromatic N) is 1. The zero-order valence-corrected chi connectivity index (χ0v) is 10.6. The van der Waals surface area contributed by atoms with Gasteiger partial charge in [-0.05, 0) is 49.4 Å². The Bertz CT molecular complexity index is 445. The van der Waals surface area contributed by atoms with E-state index in [4.69, 9.17) is 5.11 Å². The molecule has 4 nitrogen and oxygen atoms in total. The van der Waals surface area contributed by atoms with Crippen LogP contribution in [0.5, 0.6) is 5.75 Å². The average molecular weight is 249 g/mol. The number of hydrogen-bond donors (Lipinski definition) is 2. The third-order valence-electron chi connectivity index (χ3n) is 3.55. The number of amides is 1. The molecule has 1 aliphatic rings. The summed E-state index contributed by atoms with van der Waals surface area (Å²) in [4.78, 5) is 14.1. The summed E-state index contributed by atoms with van der Waals surface area (Å²) in [5, 5.41) is 18.3. The standard InChI is InChI=1S/C14H19NO3/c1-10-8-12(17)2-3-13(10)14(18)15-6-4-11(9-15)5-7-16/h2-3,8,11,16-17H,4-7,9H2,1H3. The number of likely N-dealkylation sites (tertiary alicyclic amines) is 1. The minimum absolute atomic E-state index is 0.0212. The lowest BCUT2D eigenvalue weighted by Crippen LogP contribution is -2.29. The molecule has 98 valence electrons. The van der Waals surface area contributed by atoms with Gasteiger partial charge in [0.2, 0.25) is 0 Å². The Hall–Kier alpha value is -1.55. The number of aromatic hydroxyl groups is 1. The summed E-state index contributed by atoms with van der Waals surface area (Å²) in [6.45, 7) is 3.49. The highest BCUT2D eigenvalue weighted by Gasteiger charge is 2.27. The molecule has 0 saturated carbocycles. The van der Waals surface area contributed by atoms with Crippen molar-refractivity contribution in [3.63, 3.8) is 0 Å². The van der Waals surface area contributed by atoms with Crippen LogP contribution in [0.15, 0.2) is 18.2 Å². The first kappa shape index (κ1) is 12.9. The van der Waals surface area contributed by atoms with Crippen molar-refractivity contribution < 1.29 is 15.0 Å². The van der Waals surface area contributed by atoms with Crippen LogP contribution in [0.2, 0.25) is 0 Å². The highest BCUT2D eigenvalue weighted by Crippen LogP contribution is 2.23. The maximum absolute atomic E-state index is 12.3. The summed E-state index contributed by atoms with van der Waals surface area (Å²) in [6.07, 6.45) is 1.72. The molecule has 2 rings (SSSR count). The van der Waals surface area contributed by atoms with E-state index in [1.165, 1.54) is 0 Å². The zero-order valence-electron chi connectivity index (χ0n) is 10.6. The van der Waals surface area contributed by atoms with Gasteiger partial charge in [0.15, 0.2) is 0 Å². The molecular weight excluding hydrogens is 230 g/mol. The van der Waals surface area contributed by atoms with Crippen molar-refractivity contribution in [1.29, 1.82) is 0 Å². The lowest BCUT2D eigenvalue weighted by atomic mass is 10.1. The third-order valence-corrected chi connectivity index (χ3v) is 3.55. The Morgan fingerprint density at radius 3 is 2.94 bits per heavy atom. The highest BCUT2D eigenvalue weighted by molar-refractivity contribution is 5.96. The van der Waals surface area contributed by atoms with Crippen molar-refractivity contribution in [2.24, 2.45) is 5.92 Å². The van der Waals surface area contributed by atoms with Crippen LogP contribution in [-0.2, 0) is 0 Å². The van der Waals surface area contributed by atoms with Gasteiger partial charge in [0.25, 0.3) is 5.91 Å². The first-order chi connectivity index (χ1) is 8.61. The zero-order chi connectivity index (χ0) is 13.1. The molecule has 1 fully saturated rings. The minimum Gasteiger partial charge on any atom is -0.508 e. The second-order valence-electron chi connectivity index (χ2n) is 4.92. The second-order valence-corrected chi connectivity index (χ2v) is 4.92. The van der Waals surface area contributed by atoms with Crippen LogP contribution in [0, 0.1) is 12.8 Å². The predicted molar refractivity (Wildman–Crippen MR) is 68.6 cm³/mol. The van der Waals surface area contributed by atoms with Crippen molar-refractivity contribution in [3.8, 4) is 5.75 Å². The smallest absolute Gasteiger partial charge is 0.254 e. The molecule has 1 aliphatic heterocycles. The summed E-state index contributed by atoms with van der Waals surface area (Å²) in [7, 11) is 0. The van der Waals surface area contributed by atoms with Crippen LogP contribution < -0.4 is 0 Å². The maximum Gasteiger partial charge on any atom is 0.254 e. The number of phenols is 1. The van der Waals surface area contributed by atoms with Crippen LogP contribution in [0.1, 0.15) is 28.8 Å². The fourth-order valence-electron chi connectivity index (χ4n) is 2.49.